The Kier molecular flexibility index (Phi) is 5.40. The second kappa shape index (κ2) is 8.12. The minimum atomic E-state index is -0.349. The molecule has 0 radical (unpaired) electrons. The highest BCUT2D eigenvalue weighted by Crippen LogP contribution is 2.29. The molecule has 0 unspecified atom stereocenters. The van der Waals surface area contributed by atoms with Crippen molar-refractivity contribution >= 4 is 44.0 Å². The van der Waals surface area contributed by atoms with Gasteiger partial charge in [-0.2, -0.15) is 0 Å². The zero-order chi connectivity index (χ0) is 19.5. The van der Waals surface area contributed by atoms with Crippen LogP contribution in [0.25, 0.3) is 10.2 Å². The quantitative estimate of drug-likeness (QED) is 0.712. The lowest BCUT2D eigenvalue weighted by Gasteiger charge is -2.28. The number of thiazole rings is 1. The summed E-state index contributed by atoms with van der Waals surface area (Å²) in [6.45, 7) is 3.35. The lowest BCUT2D eigenvalue weighted by Crippen LogP contribution is -2.36. The highest BCUT2D eigenvalue weighted by atomic mass is 32.1. The fourth-order valence-electron chi connectivity index (χ4n) is 3.13. The van der Waals surface area contributed by atoms with Crippen LogP contribution in [0, 0.1) is 5.82 Å². The van der Waals surface area contributed by atoms with Crippen LogP contribution in [-0.4, -0.2) is 50.8 Å². The number of aromatic nitrogens is 1. The number of nitrogens with one attached hydrogen (secondary N) is 1. The Morgan fingerprint density at radius 3 is 2.71 bits per heavy atom. The van der Waals surface area contributed by atoms with Crippen molar-refractivity contribution in [1.29, 1.82) is 0 Å². The third-order valence-electron chi connectivity index (χ3n) is 4.59. The monoisotopic (exact) mass is 400 g/mol. The summed E-state index contributed by atoms with van der Waals surface area (Å²) in [5.41, 5.74) is 2.20. The van der Waals surface area contributed by atoms with Gasteiger partial charge in [0.05, 0.1) is 24.5 Å². The molecule has 0 spiro atoms. The predicted molar refractivity (Wildman–Crippen MR) is 111 cm³/mol. The molecular formula is C20H21FN4O2S. The molecule has 0 atom stereocenters. The molecule has 0 saturated carbocycles. The minimum Gasteiger partial charge on any atom is -0.378 e. The van der Waals surface area contributed by atoms with Crippen LogP contribution >= 0.6 is 11.3 Å². The van der Waals surface area contributed by atoms with Gasteiger partial charge in [0.25, 0.3) is 0 Å². The second-order valence-corrected chi connectivity index (χ2v) is 7.64. The smallest absolute Gasteiger partial charge is 0.243 e. The maximum atomic E-state index is 13.8. The second-order valence-electron chi connectivity index (χ2n) is 6.63. The molecule has 146 valence electrons. The van der Waals surface area contributed by atoms with Crippen LogP contribution < -0.4 is 15.1 Å². The first-order chi connectivity index (χ1) is 13.6. The number of para-hydroxylation sites is 1. The number of morpholine rings is 1. The van der Waals surface area contributed by atoms with Gasteiger partial charge >= 0.3 is 0 Å². The molecule has 2 aromatic carbocycles. The van der Waals surface area contributed by atoms with E-state index in [2.05, 4.69) is 15.2 Å². The fraction of sp³-hybridized carbons (Fsp3) is 0.300. The summed E-state index contributed by atoms with van der Waals surface area (Å²) in [6, 6.07) is 12.7. The lowest BCUT2D eigenvalue weighted by molar-refractivity contribution is -0.114. The van der Waals surface area contributed by atoms with Gasteiger partial charge in [-0.05, 0) is 36.4 Å². The highest BCUT2D eigenvalue weighted by molar-refractivity contribution is 7.22. The zero-order valence-corrected chi connectivity index (χ0v) is 16.3. The number of hydrogen-bond acceptors (Lipinski definition) is 6. The SMILES string of the molecule is CN(CC(=O)Nc1ccc(N2CCOCC2)cc1)c1nc2c(F)cccc2s1. The van der Waals surface area contributed by atoms with E-state index in [1.807, 2.05) is 30.3 Å². The van der Waals surface area contributed by atoms with Gasteiger partial charge < -0.3 is 19.9 Å². The number of likely N-dealkylation sites (N-methyl/N-ethyl adjacent to an activating group) is 1. The fourth-order valence-corrected chi connectivity index (χ4v) is 4.07. The zero-order valence-electron chi connectivity index (χ0n) is 15.5. The Hall–Kier alpha value is -2.71. The number of fused-ring (bicyclic) bond motifs is 1. The van der Waals surface area contributed by atoms with Crippen molar-refractivity contribution in [3.05, 3.63) is 48.3 Å². The number of rotatable bonds is 5. The molecule has 1 N–H and O–H groups in total. The molecule has 8 heteroatoms. The van der Waals surface area contributed by atoms with E-state index in [1.165, 1.54) is 17.4 Å². The molecule has 0 aliphatic carbocycles. The van der Waals surface area contributed by atoms with E-state index in [1.54, 1.807) is 18.0 Å². The standard InChI is InChI=1S/C20H21FN4O2S/c1-24(20-23-19-16(21)3-2-4-17(19)28-20)13-18(26)22-14-5-7-15(8-6-14)25-9-11-27-12-10-25/h2-8H,9-13H2,1H3,(H,22,26). The number of nitrogens with zero attached hydrogens (tertiary/aromatic N) is 3. The molecule has 1 aromatic heterocycles. The summed E-state index contributed by atoms with van der Waals surface area (Å²) >= 11 is 1.36. The number of amides is 1. The van der Waals surface area contributed by atoms with Crippen LogP contribution in [0.3, 0.4) is 0 Å². The molecule has 2 heterocycles. The van der Waals surface area contributed by atoms with E-state index >= 15 is 0 Å². The number of ether oxygens (including phenoxy) is 1. The van der Waals surface area contributed by atoms with Gasteiger partial charge in [0.1, 0.15) is 11.3 Å². The molecule has 6 nitrogen and oxygen atoms in total. The number of halogens is 1. The van der Waals surface area contributed by atoms with E-state index in [9.17, 15) is 9.18 Å². The number of carbonyl (C=O) groups excluding carboxylic acids is 1. The van der Waals surface area contributed by atoms with Crippen LogP contribution in [0.15, 0.2) is 42.5 Å². The molecule has 0 bridgehead atoms. The van der Waals surface area contributed by atoms with Gasteiger partial charge in [-0.25, -0.2) is 9.37 Å². The number of benzene rings is 2. The first-order valence-electron chi connectivity index (χ1n) is 9.09. The summed E-state index contributed by atoms with van der Waals surface area (Å²) in [5.74, 6) is -0.500. The average Bonchev–Trinajstić information content (AvgIpc) is 3.15. The molecule has 4 rings (SSSR count). The third-order valence-corrected chi connectivity index (χ3v) is 5.73. The Balaban J connectivity index is 1.37. The molecule has 1 aliphatic rings. The molecule has 28 heavy (non-hydrogen) atoms. The normalized spacial score (nSPS) is 14.3. The summed E-state index contributed by atoms with van der Waals surface area (Å²) in [7, 11) is 1.77. The van der Waals surface area contributed by atoms with Gasteiger partial charge in [-0.1, -0.05) is 17.4 Å². The van der Waals surface area contributed by atoms with Crippen LogP contribution in [0.5, 0.6) is 0 Å². The average molecular weight is 400 g/mol. The lowest BCUT2D eigenvalue weighted by atomic mass is 10.2. The van der Waals surface area contributed by atoms with E-state index in [0.29, 0.717) is 10.6 Å². The van der Waals surface area contributed by atoms with Crippen LogP contribution in [0.4, 0.5) is 20.9 Å². The molecule has 1 fully saturated rings. The largest absolute Gasteiger partial charge is 0.378 e. The number of hydrogen-bond donors (Lipinski definition) is 1. The van der Waals surface area contributed by atoms with E-state index in [-0.39, 0.29) is 18.3 Å². The maximum absolute atomic E-state index is 13.8. The van der Waals surface area contributed by atoms with Crippen molar-refractivity contribution in [1.82, 2.24) is 4.98 Å². The maximum Gasteiger partial charge on any atom is 0.243 e. The van der Waals surface area contributed by atoms with E-state index in [0.717, 1.165) is 42.4 Å². The number of carbonyl (C=O) groups is 1. The first kappa shape index (κ1) is 18.6. The Labute approximate surface area is 166 Å². The van der Waals surface area contributed by atoms with Crippen molar-refractivity contribution in [2.24, 2.45) is 0 Å². The van der Waals surface area contributed by atoms with Crippen molar-refractivity contribution in [2.75, 3.05) is 55.0 Å². The van der Waals surface area contributed by atoms with Crippen molar-refractivity contribution in [3.63, 3.8) is 0 Å². The van der Waals surface area contributed by atoms with Crippen LogP contribution in [0.1, 0.15) is 0 Å². The Bertz CT molecular complexity index is 970. The van der Waals surface area contributed by atoms with E-state index in [4.69, 9.17) is 4.74 Å². The molecule has 1 aliphatic heterocycles. The van der Waals surface area contributed by atoms with Crippen molar-refractivity contribution in [3.8, 4) is 0 Å². The van der Waals surface area contributed by atoms with Gasteiger partial charge in [0.2, 0.25) is 5.91 Å². The van der Waals surface area contributed by atoms with Crippen molar-refractivity contribution in [2.45, 2.75) is 0 Å². The highest BCUT2D eigenvalue weighted by Gasteiger charge is 2.15. The molecule has 3 aromatic rings. The Morgan fingerprint density at radius 2 is 2.00 bits per heavy atom. The summed E-state index contributed by atoms with van der Waals surface area (Å²) in [5, 5.41) is 3.51. The molecular weight excluding hydrogens is 379 g/mol. The van der Waals surface area contributed by atoms with Crippen molar-refractivity contribution < 1.29 is 13.9 Å². The van der Waals surface area contributed by atoms with Crippen LogP contribution in [-0.2, 0) is 9.53 Å². The Morgan fingerprint density at radius 1 is 1.25 bits per heavy atom. The third kappa shape index (κ3) is 4.07. The van der Waals surface area contributed by atoms with Gasteiger partial charge in [0.15, 0.2) is 5.13 Å². The summed E-state index contributed by atoms with van der Waals surface area (Å²) < 4.78 is 19.9. The molecule has 1 amide bonds. The topological polar surface area (TPSA) is 57.7 Å². The number of anilines is 3. The van der Waals surface area contributed by atoms with Gasteiger partial charge in [-0.15, -0.1) is 0 Å². The minimum absolute atomic E-state index is 0.132. The van der Waals surface area contributed by atoms with E-state index < -0.39 is 0 Å². The summed E-state index contributed by atoms with van der Waals surface area (Å²) in [6.07, 6.45) is 0. The van der Waals surface area contributed by atoms with Crippen LogP contribution in [0.2, 0.25) is 0 Å². The molecule has 1 saturated heterocycles. The van der Waals surface area contributed by atoms with Gasteiger partial charge in [0, 0.05) is 31.5 Å². The first-order valence-corrected chi connectivity index (χ1v) is 9.90. The van der Waals surface area contributed by atoms with Gasteiger partial charge in [-0.3, -0.25) is 4.79 Å². The summed E-state index contributed by atoms with van der Waals surface area (Å²) in [4.78, 5) is 20.7. The predicted octanol–water partition coefficient (Wildman–Crippen LogP) is 3.35.